The van der Waals surface area contributed by atoms with Crippen LogP contribution in [0.1, 0.15) is 59.7 Å². The number of amides is 1. The highest BCUT2D eigenvalue weighted by Crippen LogP contribution is 2.34. The summed E-state index contributed by atoms with van der Waals surface area (Å²) in [6, 6.07) is 8.85. The molecular formula is C27H39N3O4. The maximum atomic E-state index is 13.7. The highest BCUT2D eigenvalue weighted by Gasteiger charge is 2.38. The van der Waals surface area contributed by atoms with E-state index in [4.69, 9.17) is 0 Å². The molecule has 34 heavy (non-hydrogen) atoms. The summed E-state index contributed by atoms with van der Waals surface area (Å²) in [5.74, 6) is -1.81. The number of rotatable bonds is 10. The van der Waals surface area contributed by atoms with E-state index in [1.807, 2.05) is 65.0 Å². The zero-order valence-corrected chi connectivity index (χ0v) is 21.6. The molecule has 0 aliphatic heterocycles. The Morgan fingerprint density at radius 3 is 2.29 bits per heavy atom. The molecule has 0 saturated carbocycles. The van der Waals surface area contributed by atoms with Gasteiger partial charge in [0.25, 0.3) is 0 Å². The quantitative estimate of drug-likeness (QED) is 0.443. The second-order valence-corrected chi connectivity index (χ2v) is 10.5. The molecule has 0 aliphatic rings. The Morgan fingerprint density at radius 1 is 1.18 bits per heavy atom. The SMILES string of the molecule is CN[C@@H](C(=O)C[C@H](C(=O)N(C)[C@H](/C=C(\C)C(=O)O)C(C)C)C(C)(C)C)c1cc2ccccc2[nH]1. The topological polar surface area (TPSA) is 102 Å². The molecule has 0 radical (unpaired) electrons. The van der Waals surface area contributed by atoms with Crippen molar-refractivity contribution in [2.75, 3.05) is 14.1 Å². The van der Waals surface area contributed by atoms with Crippen LogP contribution in [-0.2, 0) is 14.4 Å². The summed E-state index contributed by atoms with van der Waals surface area (Å²) in [5.41, 5.74) is 1.44. The van der Waals surface area contributed by atoms with Crippen molar-refractivity contribution < 1.29 is 19.5 Å². The summed E-state index contributed by atoms with van der Waals surface area (Å²) in [7, 11) is 3.43. The average molecular weight is 470 g/mol. The Balaban J connectivity index is 2.33. The van der Waals surface area contributed by atoms with Gasteiger partial charge in [0.05, 0.1) is 6.04 Å². The van der Waals surface area contributed by atoms with Crippen molar-refractivity contribution in [2.24, 2.45) is 17.3 Å². The van der Waals surface area contributed by atoms with Crippen LogP contribution in [0.2, 0.25) is 0 Å². The lowest BCUT2D eigenvalue weighted by atomic mass is 9.75. The highest BCUT2D eigenvalue weighted by atomic mass is 16.4. The Morgan fingerprint density at radius 2 is 1.79 bits per heavy atom. The number of carboxylic acid groups (broad SMARTS) is 1. The van der Waals surface area contributed by atoms with E-state index < -0.39 is 29.4 Å². The lowest BCUT2D eigenvalue weighted by Crippen LogP contribution is -2.47. The molecule has 0 spiro atoms. The van der Waals surface area contributed by atoms with Crippen molar-refractivity contribution in [3.63, 3.8) is 0 Å². The van der Waals surface area contributed by atoms with Gasteiger partial charge in [-0.15, -0.1) is 0 Å². The summed E-state index contributed by atoms with van der Waals surface area (Å²) in [4.78, 5) is 43.4. The van der Waals surface area contributed by atoms with Gasteiger partial charge in [-0.2, -0.15) is 0 Å². The first kappa shape index (κ1) is 27.3. The third kappa shape index (κ3) is 6.35. The van der Waals surface area contributed by atoms with Gasteiger partial charge in [0.2, 0.25) is 5.91 Å². The molecule has 0 fully saturated rings. The van der Waals surface area contributed by atoms with Gasteiger partial charge in [-0.25, -0.2) is 4.79 Å². The largest absolute Gasteiger partial charge is 0.478 e. The first-order valence-electron chi connectivity index (χ1n) is 11.7. The number of aliphatic carboxylic acids is 1. The van der Waals surface area contributed by atoms with Gasteiger partial charge >= 0.3 is 5.97 Å². The lowest BCUT2D eigenvalue weighted by molar-refractivity contribution is -0.143. The van der Waals surface area contributed by atoms with Crippen molar-refractivity contribution in [1.29, 1.82) is 0 Å². The van der Waals surface area contributed by atoms with Crippen LogP contribution in [0.5, 0.6) is 0 Å². The molecule has 3 N–H and O–H groups in total. The third-order valence-corrected chi connectivity index (χ3v) is 6.46. The number of aromatic nitrogens is 1. The van der Waals surface area contributed by atoms with Crippen LogP contribution in [0.25, 0.3) is 10.9 Å². The van der Waals surface area contributed by atoms with E-state index in [1.165, 1.54) is 6.92 Å². The maximum Gasteiger partial charge on any atom is 0.331 e. The van der Waals surface area contributed by atoms with E-state index in [0.717, 1.165) is 16.6 Å². The monoisotopic (exact) mass is 469 g/mol. The van der Waals surface area contributed by atoms with Crippen molar-refractivity contribution >= 4 is 28.6 Å². The van der Waals surface area contributed by atoms with E-state index in [1.54, 1.807) is 25.1 Å². The first-order chi connectivity index (χ1) is 15.8. The van der Waals surface area contributed by atoms with E-state index in [-0.39, 0.29) is 29.6 Å². The van der Waals surface area contributed by atoms with Gasteiger partial charge in [-0.3, -0.25) is 9.59 Å². The van der Waals surface area contributed by atoms with Crippen LogP contribution < -0.4 is 5.32 Å². The fourth-order valence-corrected chi connectivity index (χ4v) is 4.30. The number of fused-ring (bicyclic) bond motifs is 1. The summed E-state index contributed by atoms with van der Waals surface area (Å²) < 4.78 is 0. The van der Waals surface area contributed by atoms with Crippen LogP contribution >= 0.6 is 0 Å². The predicted octanol–water partition coefficient (Wildman–Crippen LogP) is 4.56. The number of carboxylic acids is 1. The van der Waals surface area contributed by atoms with E-state index in [0.29, 0.717) is 0 Å². The van der Waals surface area contributed by atoms with Crippen LogP contribution in [0, 0.1) is 17.3 Å². The van der Waals surface area contributed by atoms with Gasteiger partial charge in [0, 0.05) is 36.2 Å². The number of Topliss-reactive ketones (excluding diaryl/α,β-unsaturated/α-hetero) is 1. The lowest BCUT2D eigenvalue weighted by Gasteiger charge is -2.37. The first-order valence-corrected chi connectivity index (χ1v) is 11.7. The molecule has 0 unspecified atom stereocenters. The zero-order valence-electron chi connectivity index (χ0n) is 21.6. The number of hydrogen-bond donors (Lipinski definition) is 3. The summed E-state index contributed by atoms with van der Waals surface area (Å²) in [6.45, 7) is 11.3. The smallest absolute Gasteiger partial charge is 0.331 e. The molecule has 0 saturated heterocycles. The number of aromatic amines is 1. The molecule has 1 aromatic carbocycles. The van der Waals surface area contributed by atoms with Gasteiger partial charge in [0.15, 0.2) is 5.78 Å². The zero-order chi connectivity index (χ0) is 25.8. The predicted molar refractivity (Wildman–Crippen MR) is 135 cm³/mol. The highest BCUT2D eigenvalue weighted by molar-refractivity contribution is 5.92. The Kier molecular flexibility index (Phi) is 8.83. The Hall–Kier alpha value is -2.93. The number of hydrogen-bond acceptors (Lipinski definition) is 4. The standard InChI is InChI=1S/C27H39N3O4/c1-16(2)22(13-17(3)26(33)34)30(8)25(32)19(27(4,5)6)15-23(31)24(28-7)21-14-18-11-9-10-12-20(18)29-21/h9-14,16,19,22,24,28-29H,15H2,1-8H3,(H,33,34)/b17-13+/t19-,22-,24-/m1/s1. The van der Waals surface area contributed by atoms with Crippen LogP contribution in [0.15, 0.2) is 42.0 Å². The summed E-state index contributed by atoms with van der Waals surface area (Å²) in [5, 5.41) is 13.4. The molecule has 0 aliphatic carbocycles. The van der Waals surface area contributed by atoms with Gasteiger partial charge in [0.1, 0.15) is 6.04 Å². The van der Waals surface area contributed by atoms with Crippen molar-refractivity contribution in [2.45, 2.75) is 60.0 Å². The van der Waals surface area contributed by atoms with Crippen LogP contribution in [0.3, 0.4) is 0 Å². The fourth-order valence-electron chi connectivity index (χ4n) is 4.30. The fraction of sp³-hybridized carbons (Fsp3) is 0.519. The molecule has 7 heteroatoms. The molecule has 0 bridgehead atoms. The molecule has 2 rings (SSSR count). The van der Waals surface area contributed by atoms with Crippen molar-refractivity contribution in [1.82, 2.24) is 15.2 Å². The number of ketones is 1. The Bertz CT molecular complexity index is 1030. The molecule has 186 valence electrons. The maximum absolute atomic E-state index is 13.7. The van der Waals surface area contributed by atoms with Gasteiger partial charge < -0.3 is 20.3 Å². The normalized spacial score (nSPS) is 15.3. The molecule has 2 aromatic rings. The average Bonchev–Trinajstić information content (AvgIpc) is 3.17. The van der Waals surface area contributed by atoms with Crippen LogP contribution in [0.4, 0.5) is 0 Å². The van der Waals surface area contributed by atoms with Crippen molar-refractivity contribution in [3.05, 3.63) is 47.7 Å². The minimum atomic E-state index is -1.01. The minimum Gasteiger partial charge on any atom is -0.478 e. The molecule has 7 nitrogen and oxygen atoms in total. The number of likely N-dealkylation sites (N-methyl/N-ethyl adjacent to an activating group) is 2. The van der Waals surface area contributed by atoms with Gasteiger partial charge in [-0.1, -0.05) is 58.9 Å². The van der Waals surface area contributed by atoms with Crippen molar-refractivity contribution in [3.8, 4) is 0 Å². The second-order valence-electron chi connectivity index (χ2n) is 10.5. The minimum absolute atomic E-state index is 0.0102. The number of nitrogens with zero attached hydrogens (tertiary/aromatic N) is 1. The van der Waals surface area contributed by atoms with Gasteiger partial charge in [-0.05, 0) is 42.8 Å². The number of H-pyrrole nitrogens is 1. The van der Waals surface area contributed by atoms with E-state index in [9.17, 15) is 19.5 Å². The van der Waals surface area contributed by atoms with E-state index in [2.05, 4.69) is 10.3 Å². The number of carbonyl (C=O) groups is 3. The number of nitrogens with one attached hydrogen (secondary N) is 2. The number of para-hydroxylation sites is 1. The summed E-state index contributed by atoms with van der Waals surface area (Å²) in [6.07, 6.45) is 1.69. The summed E-state index contributed by atoms with van der Waals surface area (Å²) >= 11 is 0. The number of carbonyl (C=O) groups excluding carboxylic acids is 2. The molecule has 3 atom stereocenters. The van der Waals surface area contributed by atoms with Crippen LogP contribution in [-0.4, -0.2) is 52.8 Å². The molecule has 1 amide bonds. The Labute approximate surface area is 202 Å². The molecular weight excluding hydrogens is 430 g/mol. The molecule has 1 aromatic heterocycles. The van der Waals surface area contributed by atoms with E-state index >= 15 is 0 Å². The third-order valence-electron chi connectivity index (χ3n) is 6.46. The molecule has 1 heterocycles. The number of benzene rings is 1. The second kappa shape index (κ2) is 11.0.